The SMILES string of the molecule is O=C(C[C@H]1C/C=C/CC[C@@H](Cc2ccc(F)cc2)C(=O)OC[C@H]2CCCN2C1=O)N[C@@H](CO)Cc1ccccc1. The Morgan fingerprint density at radius 2 is 1.80 bits per heavy atom. The largest absolute Gasteiger partial charge is 0.463 e. The van der Waals surface area contributed by atoms with Crippen LogP contribution in [0.15, 0.2) is 66.7 Å². The van der Waals surface area contributed by atoms with E-state index in [9.17, 15) is 23.9 Å². The monoisotopic (exact) mass is 550 g/mol. The van der Waals surface area contributed by atoms with Gasteiger partial charge in [-0.1, -0.05) is 54.6 Å². The number of hydrogen-bond acceptors (Lipinski definition) is 5. The van der Waals surface area contributed by atoms with Crippen LogP contribution in [0.2, 0.25) is 0 Å². The lowest BCUT2D eigenvalue weighted by Crippen LogP contribution is -2.45. The van der Waals surface area contributed by atoms with Gasteiger partial charge in [0, 0.05) is 13.0 Å². The molecular weight excluding hydrogens is 511 g/mol. The summed E-state index contributed by atoms with van der Waals surface area (Å²) in [5.41, 5.74) is 1.88. The van der Waals surface area contributed by atoms with Crippen molar-refractivity contribution in [1.82, 2.24) is 10.2 Å². The Morgan fingerprint density at radius 3 is 2.55 bits per heavy atom. The van der Waals surface area contributed by atoms with Crippen LogP contribution in [0.1, 0.15) is 49.7 Å². The summed E-state index contributed by atoms with van der Waals surface area (Å²) in [6.07, 6.45) is 7.99. The van der Waals surface area contributed by atoms with Crippen LogP contribution in [-0.4, -0.2) is 59.6 Å². The number of cyclic esters (lactones) is 1. The smallest absolute Gasteiger partial charge is 0.309 e. The molecule has 0 radical (unpaired) electrons. The number of amides is 2. The van der Waals surface area contributed by atoms with Gasteiger partial charge in [-0.2, -0.15) is 0 Å². The van der Waals surface area contributed by atoms with Gasteiger partial charge in [-0.15, -0.1) is 0 Å². The Hall–Kier alpha value is -3.52. The van der Waals surface area contributed by atoms with E-state index in [0.29, 0.717) is 38.6 Å². The van der Waals surface area contributed by atoms with E-state index in [0.717, 1.165) is 24.0 Å². The maximum atomic E-state index is 13.6. The van der Waals surface area contributed by atoms with Crippen LogP contribution in [0.25, 0.3) is 0 Å². The van der Waals surface area contributed by atoms with Crippen LogP contribution in [0, 0.1) is 17.7 Å². The molecule has 214 valence electrons. The first-order valence-electron chi connectivity index (χ1n) is 14.2. The highest BCUT2D eigenvalue weighted by Crippen LogP contribution is 2.25. The molecule has 0 unspecified atom stereocenters. The van der Waals surface area contributed by atoms with Crippen molar-refractivity contribution in [3.05, 3.63) is 83.7 Å². The molecule has 7 nitrogen and oxygen atoms in total. The second-order valence-electron chi connectivity index (χ2n) is 10.8. The van der Waals surface area contributed by atoms with E-state index in [1.54, 1.807) is 17.0 Å². The average molecular weight is 551 g/mol. The molecule has 40 heavy (non-hydrogen) atoms. The number of aliphatic hydroxyl groups is 1. The highest BCUT2D eigenvalue weighted by molar-refractivity contribution is 5.86. The highest BCUT2D eigenvalue weighted by Gasteiger charge is 2.35. The number of fused-ring (bicyclic) bond motifs is 1. The number of carbonyl (C=O) groups is 3. The maximum absolute atomic E-state index is 13.6. The fraction of sp³-hybridized carbons (Fsp3) is 0.469. The molecule has 2 aromatic rings. The highest BCUT2D eigenvalue weighted by atomic mass is 19.1. The molecule has 0 bridgehead atoms. The number of nitrogens with zero attached hydrogens (tertiary/aromatic N) is 1. The Kier molecular flexibility index (Phi) is 10.9. The summed E-state index contributed by atoms with van der Waals surface area (Å²) in [5, 5.41) is 12.7. The van der Waals surface area contributed by atoms with E-state index in [-0.39, 0.29) is 55.2 Å². The molecule has 1 saturated heterocycles. The lowest BCUT2D eigenvalue weighted by atomic mass is 9.94. The molecule has 0 aliphatic carbocycles. The normalized spacial score (nSPS) is 23.6. The van der Waals surface area contributed by atoms with E-state index < -0.39 is 12.0 Å². The lowest BCUT2D eigenvalue weighted by molar-refractivity contribution is -0.152. The van der Waals surface area contributed by atoms with Gasteiger partial charge in [0.2, 0.25) is 11.8 Å². The third-order valence-electron chi connectivity index (χ3n) is 7.77. The van der Waals surface area contributed by atoms with Crippen LogP contribution in [0.4, 0.5) is 4.39 Å². The van der Waals surface area contributed by atoms with Crippen LogP contribution < -0.4 is 5.32 Å². The Morgan fingerprint density at radius 1 is 1.02 bits per heavy atom. The summed E-state index contributed by atoms with van der Waals surface area (Å²) in [6, 6.07) is 15.1. The number of ether oxygens (including phenoxy) is 1. The molecular formula is C32H39FN2O5. The number of hydrogen-bond donors (Lipinski definition) is 2. The third-order valence-corrected chi connectivity index (χ3v) is 7.77. The first-order chi connectivity index (χ1) is 19.4. The van der Waals surface area contributed by atoms with Gasteiger partial charge in [0.15, 0.2) is 0 Å². The number of aliphatic hydroxyl groups excluding tert-OH is 1. The molecule has 2 heterocycles. The molecule has 8 heteroatoms. The topological polar surface area (TPSA) is 95.9 Å². The van der Waals surface area contributed by atoms with E-state index >= 15 is 0 Å². The van der Waals surface area contributed by atoms with Gasteiger partial charge < -0.3 is 20.1 Å². The summed E-state index contributed by atoms with van der Waals surface area (Å²) in [5.74, 6) is -1.92. The van der Waals surface area contributed by atoms with Crippen molar-refractivity contribution >= 4 is 17.8 Å². The lowest BCUT2D eigenvalue weighted by Gasteiger charge is -2.29. The second kappa shape index (κ2) is 14.7. The molecule has 2 amide bonds. The van der Waals surface area contributed by atoms with Crippen LogP contribution in [0.3, 0.4) is 0 Å². The molecule has 4 rings (SSSR count). The molecule has 4 atom stereocenters. The fourth-order valence-corrected chi connectivity index (χ4v) is 5.56. The standard InChI is InChI=1S/C32H39FN2O5/c33-27-15-13-24(14-16-27)18-26-11-6-2-5-10-25(31(38)35-17-7-12-29(35)22-40-32(26)39)20-30(37)34-28(21-36)19-23-8-3-1-4-9-23/h1-5,8-9,13-16,25-26,28-29,36H,6-7,10-12,17-22H2,(H,34,37)/b5-2+/t25-,26+,28-,29-/m1/s1. The minimum absolute atomic E-state index is 0.0185. The van der Waals surface area contributed by atoms with Crippen molar-refractivity contribution in [3.63, 3.8) is 0 Å². The van der Waals surface area contributed by atoms with Gasteiger partial charge in [-0.3, -0.25) is 14.4 Å². The Bertz CT molecular complexity index is 1150. The van der Waals surface area contributed by atoms with Gasteiger partial charge >= 0.3 is 5.97 Å². The minimum Gasteiger partial charge on any atom is -0.463 e. The van der Waals surface area contributed by atoms with Gasteiger partial charge in [0.1, 0.15) is 12.4 Å². The molecule has 0 aromatic heterocycles. The molecule has 0 saturated carbocycles. The average Bonchev–Trinajstić information content (AvgIpc) is 3.43. The predicted octanol–water partition coefficient (Wildman–Crippen LogP) is 3.98. The zero-order valence-electron chi connectivity index (χ0n) is 22.8. The third kappa shape index (κ3) is 8.49. The summed E-state index contributed by atoms with van der Waals surface area (Å²) in [4.78, 5) is 41.4. The van der Waals surface area contributed by atoms with Crippen molar-refractivity contribution in [1.29, 1.82) is 0 Å². The number of halogens is 1. The quantitative estimate of drug-likeness (QED) is 0.383. The van der Waals surface area contributed by atoms with Crippen molar-refractivity contribution < 1.29 is 28.6 Å². The first kappa shape index (κ1) is 29.5. The molecule has 1 fully saturated rings. The number of esters is 1. The van der Waals surface area contributed by atoms with Crippen LogP contribution in [0.5, 0.6) is 0 Å². The number of nitrogens with one attached hydrogen (secondary N) is 1. The number of allylic oxidation sites excluding steroid dienone is 2. The second-order valence-corrected chi connectivity index (χ2v) is 10.8. The van der Waals surface area contributed by atoms with E-state index in [2.05, 4.69) is 5.32 Å². The molecule has 2 aromatic carbocycles. The van der Waals surface area contributed by atoms with E-state index in [1.165, 1.54) is 12.1 Å². The van der Waals surface area contributed by atoms with E-state index in [1.807, 2.05) is 42.5 Å². The van der Waals surface area contributed by atoms with Crippen molar-refractivity contribution in [2.45, 2.75) is 63.5 Å². The number of benzene rings is 2. The molecule has 2 aliphatic heterocycles. The van der Waals surface area contributed by atoms with Crippen molar-refractivity contribution in [2.75, 3.05) is 19.8 Å². The zero-order chi connectivity index (χ0) is 28.3. The summed E-state index contributed by atoms with van der Waals surface area (Å²) >= 11 is 0. The Labute approximate surface area is 235 Å². The van der Waals surface area contributed by atoms with E-state index in [4.69, 9.17) is 4.74 Å². The van der Waals surface area contributed by atoms with Gasteiger partial charge in [-0.05, 0) is 68.2 Å². The van der Waals surface area contributed by atoms with Crippen LogP contribution in [-0.2, 0) is 32.0 Å². The Balaban J connectivity index is 1.42. The van der Waals surface area contributed by atoms with Gasteiger partial charge in [0.05, 0.1) is 30.5 Å². The van der Waals surface area contributed by atoms with Crippen molar-refractivity contribution in [3.8, 4) is 0 Å². The number of carbonyl (C=O) groups excluding carboxylic acids is 3. The maximum Gasteiger partial charge on any atom is 0.309 e. The summed E-state index contributed by atoms with van der Waals surface area (Å²) < 4.78 is 19.1. The van der Waals surface area contributed by atoms with Crippen LogP contribution >= 0.6 is 0 Å². The predicted molar refractivity (Wildman–Crippen MR) is 150 cm³/mol. The fourth-order valence-electron chi connectivity index (χ4n) is 5.56. The van der Waals surface area contributed by atoms with Gasteiger partial charge in [-0.25, -0.2) is 4.39 Å². The van der Waals surface area contributed by atoms with Gasteiger partial charge in [0.25, 0.3) is 0 Å². The zero-order valence-corrected chi connectivity index (χ0v) is 22.8. The molecule has 0 spiro atoms. The minimum atomic E-state index is -0.542. The number of rotatable bonds is 8. The summed E-state index contributed by atoms with van der Waals surface area (Å²) in [6.45, 7) is 0.494. The first-order valence-corrected chi connectivity index (χ1v) is 14.2. The molecule has 2 N–H and O–H groups in total. The van der Waals surface area contributed by atoms with Crippen molar-refractivity contribution in [2.24, 2.45) is 11.8 Å². The summed E-state index contributed by atoms with van der Waals surface area (Å²) in [7, 11) is 0. The molecule has 2 aliphatic rings.